The summed E-state index contributed by atoms with van der Waals surface area (Å²) < 4.78 is 0. The van der Waals surface area contributed by atoms with Gasteiger partial charge in [0.2, 0.25) is 0 Å². The molecular weight excluding hydrogens is 280 g/mol. The van der Waals surface area contributed by atoms with Crippen molar-refractivity contribution in [3.8, 4) is 0 Å². The molecule has 4 rings (SSSR count). The van der Waals surface area contributed by atoms with Gasteiger partial charge in [0.05, 0.1) is 0 Å². The molecule has 3 heteroatoms. The van der Waals surface area contributed by atoms with E-state index in [2.05, 4.69) is 40.7 Å². The van der Waals surface area contributed by atoms with Gasteiger partial charge in [0, 0.05) is 24.0 Å². The maximum atomic E-state index is 6.34. The Hall–Kier alpha value is -1.54. The minimum Gasteiger partial charge on any atom is -0.365 e. The first kappa shape index (κ1) is 13.1. The zero-order valence-corrected chi connectivity index (χ0v) is 12.6. The standard InChI is InChI=1S/C18H19ClN2/c19-18-14(5-4-10-21-18)15-11-12-7-8-13(15)17(12)16-6-2-1-3-9-20-16/h1-6,9-10,12-13,15,17,20H,7-8,11H2. The van der Waals surface area contributed by atoms with Gasteiger partial charge in [-0.3, -0.25) is 0 Å². The zero-order chi connectivity index (χ0) is 14.2. The van der Waals surface area contributed by atoms with Crippen LogP contribution >= 0.6 is 11.6 Å². The fourth-order valence-corrected chi connectivity index (χ4v) is 4.79. The highest BCUT2D eigenvalue weighted by molar-refractivity contribution is 6.30. The number of aromatic nitrogens is 1. The number of allylic oxidation sites excluding steroid dienone is 5. The second-order valence-electron chi connectivity index (χ2n) is 6.26. The van der Waals surface area contributed by atoms with E-state index in [1.807, 2.05) is 12.3 Å². The van der Waals surface area contributed by atoms with Crippen LogP contribution in [0, 0.1) is 17.8 Å². The lowest BCUT2D eigenvalue weighted by molar-refractivity contribution is 0.410. The molecule has 4 atom stereocenters. The highest BCUT2D eigenvalue weighted by Gasteiger charge is 2.50. The van der Waals surface area contributed by atoms with E-state index in [4.69, 9.17) is 11.6 Å². The number of pyridine rings is 1. The van der Waals surface area contributed by atoms with E-state index in [1.54, 1.807) is 6.20 Å². The number of hydrogen-bond donors (Lipinski definition) is 1. The van der Waals surface area contributed by atoms with Crippen LogP contribution in [0.4, 0.5) is 0 Å². The summed E-state index contributed by atoms with van der Waals surface area (Å²) >= 11 is 6.34. The summed E-state index contributed by atoms with van der Waals surface area (Å²) in [6.07, 6.45) is 16.2. The van der Waals surface area contributed by atoms with Crippen molar-refractivity contribution in [1.29, 1.82) is 0 Å². The Morgan fingerprint density at radius 1 is 1.19 bits per heavy atom. The van der Waals surface area contributed by atoms with E-state index >= 15 is 0 Å². The number of nitrogens with zero attached hydrogens (tertiary/aromatic N) is 1. The van der Waals surface area contributed by atoms with Gasteiger partial charge in [-0.25, -0.2) is 4.98 Å². The molecule has 2 saturated carbocycles. The van der Waals surface area contributed by atoms with Crippen LogP contribution in [0.1, 0.15) is 30.7 Å². The first-order valence-electron chi connectivity index (χ1n) is 7.75. The van der Waals surface area contributed by atoms with Gasteiger partial charge in [-0.15, -0.1) is 0 Å². The largest absolute Gasteiger partial charge is 0.365 e. The van der Waals surface area contributed by atoms with E-state index in [0.29, 0.717) is 22.9 Å². The summed E-state index contributed by atoms with van der Waals surface area (Å²) in [5, 5.41) is 4.17. The molecule has 0 spiro atoms. The molecule has 0 amide bonds. The molecule has 0 aromatic carbocycles. The molecule has 21 heavy (non-hydrogen) atoms. The van der Waals surface area contributed by atoms with Gasteiger partial charge in [0.1, 0.15) is 5.15 Å². The number of hydrogen-bond acceptors (Lipinski definition) is 2. The van der Waals surface area contributed by atoms with Crippen molar-refractivity contribution >= 4 is 11.6 Å². The predicted molar refractivity (Wildman–Crippen MR) is 85.8 cm³/mol. The molecule has 1 aliphatic heterocycles. The van der Waals surface area contributed by atoms with Crippen LogP contribution in [0.25, 0.3) is 0 Å². The number of fused-ring (bicyclic) bond motifs is 2. The van der Waals surface area contributed by atoms with Crippen molar-refractivity contribution in [1.82, 2.24) is 10.3 Å². The van der Waals surface area contributed by atoms with E-state index in [9.17, 15) is 0 Å². The lowest BCUT2D eigenvalue weighted by atomic mass is 9.83. The summed E-state index contributed by atoms with van der Waals surface area (Å²) in [5.74, 6) is 2.66. The molecular formula is C18H19ClN2. The summed E-state index contributed by atoms with van der Waals surface area (Å²) in [7, 11) is 0. The Kier molecular flexibility index (Phi) is 3.34. The topological polar surface area (TPSA) is 24.9 Å². The van der Waals surface area contributed by atoms with Crippen molar-refractivity contribution in [2.24, 2.45) is 17.8 Å². The number of halogens is 1. The zero-order valence-electron chi connectivity index (χ0n) is 11.9. The smallest absolute Gasteiger partial charge is 0.132 e. The van der Waals surface area contributed by atoms with Crippen molar-refractivity contribution in [3.05, 3.63) is 65.2 Å². The average molecular weight is 299 g/mol. The summed E-state index contributed by atoms with van der Waals surface area (Å²) in [5.41, 5.74) is 2.62. The maximum absolute atomic E-state index is 6.34. The Labute approximate surface area is 130 Å². The lowest BCUT2D eigenvalue weighted by Gasteiger charge is -2.24. The van der Waals surface area contributed by atoms with Crippen molar-refractivity contribution in [2.45, 2.75) is 25.2 Å². The van der Waals surface area contributed by atoms with Crippen LogP contribution in [-0.2, 0) is 0 Å². The molecule has 2 nitrogen and oxygen atoms in total. The van der Waals surface area contributed by atoms with Gasteiger partial charge in [-0.2, -0.15) is 0 Å². The third kappa shape index (κ3) is 2.22. The average Bonchev–Trinajstić information content (AvgIpc) is 2.95. The second-order valence-corrected chi connectivity index (χ2v) is 6.62. The van der Waals surface area contributed by atoms with Crippen LogP contribution in [0.15, 0.2) is 54.5 Å². The van der Waals surface area contributed by atoms with Crippen LogP contribution < -0.4 is 5.32 Å². The SMILES string of the molecule is Clc1ncccc1C1CC2CCC1C2C1=CC=CC=CN1. The molecule has 4 unspecified atom stereocenters. The molecule has 0 radical (unpaired) electrons. The van der Waals surface area contributed by atoms with Gasteiger partial charge in [-0.1, -0.05) is 29.8 Å². The van der Waals surface area contributed by atoms with E-state index < -0.39 is 0 Å². The second kappa shape index (κ2) is 5.34. The third-order valence-corrected chi connectivity index (χ3v) is 5.62. The fraction of sp³-hybridized carbons (Fsp3) is 0.389. The molecule has 2 aliphatic carbocycles. The maximum Gasteiger partial charge on any atom is 0.132 e. The van der Waals surface area contributed by atoms with Crippen molar-refractivity contribution < 1.29 is 0 Å². The summed E-state index contributed by atoms with van der Waals surface area (Å²) in [6, 6.07) is 4.17. The van der Waals surface area contributed by atoms with Gasteiger partial charge in [0.15, 0.2) is 0 Å². The molecule has 0 saturated heterocycles. The molecule has 1 N–H and O–H groups in total. The highest BCUT2D eigenvalue weighted by atomic mass is 35.5. The minimum atomic E-state index is 0.564. The Morgan fingerprint density at radius 3 is 3.05 bits per heavy atom. The minimum absolute atomic E-state index is 0.564. The fourth-order valence-electron chi connectivity index (χ4n) is 4.53. The summed E-state index contributed by atoms with van der Waals surface area (Å²) in [6.45, 7) is 0. The number of rotatable bonds is 2. The first-order chi connectivity index (χ1) is 10.3. The van der Waals surface area contributed by atoms with E-state index in [-0.39, 0.29) is 0 Å². The summed E-state index contributed by atoms with van der Waals surface area (Å²) in [4.78, 5) is 4.27. The molecule has 2 fully saturated rings. The predicted octanol–water partition coefficient (Wildman–Crippen LogP) is 4.42. The van der Waals surface area contributed by atoms with Crippen LogP contribution in [0.3, 0.4) is 0 Å². The van der Waals surface area contributed by atoms with Crippen molar-refractivity contribution in [2.75, 3.05) is 0 Å². The lowest BCUT2D eigenvalue weighted by Crippen LogP contribution is -2.20. The molecule has 2 bridgehead atoms. The molecule has 3 aliphatic rings. The molecule has 1 aromatic rings. The molecule has 108 valence electrons. The van der Waals surface area contributed by atoms with Crippen LogP contribution in [-0.4, -0.2) is 4.98 Å². The van der Waals surface area contributed by atoms with Gasteiger partial charge >= 0.3 is 0 Å². The molecule has 1 aromatic heterocycles. The third-order valence-electron chi connectivity index (χ3n) is 5.30. The quantitative estimate of drug-likeness (QED) is 0.818. The highest BCUT2D eigenvalue weighted by Crippen LogP contribution is 2.59. The monoisotopic (exact) mass is 298 g/mol. The van der Waals surface area contributed by atoms with E-state index in [0.717, 1.165) is 5.92 Å². The Balaban J connectivity index is 1.65. The van der Waals surface area contributed by atoms with E-state index in [1.165, 1.54) is 30.5 Å². The van der Waals surface area contributed by atoms with Crippen LogP contribution in [0.5, 0.6) is 0 Å². The first-order valence-corrected chi connectivity index (χ1v) is 8.13. The van der Waals surface area contributed by atoms with Gasteiger partial charge < -0.3 is 5.32 Å². The van der Waals surface area contributed by atoms with Gasteiger partial charge in [0.25, 0.3) is 0 Å². The Morgan fingerprint density at radius 2 is 2.14 bits per heavy atom. The number of nitrogens with one attached hydrogen (secondary N) is 1. The van der Waals surface area contributed by atoms with Gasteiger partial charge in [-0.05, 0) is 60.8 Å². The molecule has 2 heterocycles. The van der Waals surface area contributed by atoms with Crippen LogP contribution in [0.2, 0.25) is 5.15 Å². The normalized spacial score (nSPS) is 33.7. The van der Waals surface area contributed by atoms with Crippen molar-refractivity contribution in [3.63, 3.8) is 0 Å². The Bertz CT molecular complexity index is 632.